The van der Waals surface area contributed by atoms with Gasteiger partial charge in [-0.1, -0.05) is 11.6 Å². The minimum atomic E-state index is -4.42. The van der Waals surface area contributed by atoms with Crippen LogP contribution in [0.5, 0.6) is 0 Å². The molecule has 19 heavy (non-hydrogen) atoms. The fourth-order valence-corrected chi connectivity index (χ4v) is 2.28. The second kappa shape index (κ2) is 5.54. The smallest absolute Gasteiger partial charge is 0.378 e. The zero-order valence-corrected chi connectivity index (χ0v) is 11.1. The van der Waals surface area contributed by atoms with Gasteiger partial charge < -0.3 is 10.1 Å². The van der Waals surface area contributed by atoms with Crippen LogP contribution in [0, 0.1) is 0 Å². The molecule has 0 aromatic carbocycles. The predicted molar refractivity (Wildman–Crippen MR) is 66.3 cm³/mol. The number of nitrogens with one attached hydrogen (secondary N) is 1. The number of hydrogen-bond donors (Lipinski definition) is 1. The molecule has 1 fully saturated rings. The number of anilines is 1. The molecular weight excluding hydrogens is 281 g/mol. The van der Waals surface area contributed by atoms with Crippen LogP contribution in [0.25, 0.3) is 0 Å². The standard InChI is InChI=1S/C12H14ClF3N2O/c1-7-4-9(2-3-19-7)17-11-6-8(12(14,15)16)5-10(13)18-11/h5-7,9H,2-4H2,1H3,(H,17,18). The fraction of sp³-hybridized carbons (Fsp3) is 0.583. The highest BCUT2D eigenvalue weighted by molar-refractivity contribution is 6.29. The van der Waals surface area contributed by atoms with Crippen molar-refractivity contribution in [2.45, 2.75) is 38.1 Å². The molecule has 1 aliphatic rings. The lowest BCUT2D eigenvalue weighted by Gasteiger charge is -2.28. The van der Waals surface area contributed by atoms with Crippen molar-refractivity contribution in [3.63, 3.8) is 0 Å². The highest BCUT2D eigenvalue weighted by Gasteiger charge is 2.32. The molecule has 2 rings (SSSR count). The van der Waals surface area contributed by atoms with Crippen molar-refractivity contribution in [1.82, 2.24) is 4.98 Å². The molecule has 1 N–H and O–H groups in total. The number of ether oxygens (including phenoxy) is 1. The summed E-state index contributed by atoms with van der Waals surface area (Å²) in [4.78, 5) is 3.88. The minimum absolute atomic E-state index is 0.0517. The Hall–Kier alpha value is -1.01. The van der Waals surface area contributed by atoms with E-state index in [0.717, 1.165) is 25.0 Å². The van der Waals surface area contributed by atoms with Crippen molar-refractivity contribution in [3.05, 3.63) is 22.8 Å². The first-order valence-corrected chi connectivity index (χ1v) is 6.35. The molecule has 7 heteroatoms. The predicted octanol–water partition coefficient (Wildman–Crippen LogP) is 3.73. The van der Waals surface area contributed by atoms with Crippen LogP contribution < -0.4 is 5.32 Å². The Morgan fingerprint density at radius 3 is 2.79 bits per heavy atom. The Morgan fingerprint density at radius 1 is 1.42 bits per heavy atom. The van der Waals surface area contributed by atoms with Gasteiger partial charge in [0.1, 0.15) is 11.0 Å². The van der Waals surface area contributed by atoms with Crippen LogP contribution in [0.1, 0.15) is 25.3 Å². The average molecular weight is 295 g/mol. The van der Waals surface area contributed by atoms with Crippen LogP contribution >= 0.6 is 11.6 Å². The van der Waals surface area contributed by atoms with Gasteiger partial charge in [-0.25, -0.2) is 4.98 Å². The lowest BCUT2D eigenvalue weighted by molar-refractivity contribution is -0.137. The van der Waals surface area contributed by atoms with Crippen LogP contribution in [0.2, 0.25) is 5.15 Å². The maximum Gasteiger partial charge on any atom is 0.416 e. The Balaban J connectivity index is 2.14. The van der Waals surface area contributed by atoms with Gasteiger partial charge >= 0.3 is 6.18 Å². The summed E-state index contributed by atoms with van der Waals surface area (Å²) in [5, 5.41) is 2.82. The Bertz CT molecular complexity index is 453. The van der Waals surface area contributed by atoms with Gasteiger partial charge in [0.05, 0.1) is 11.7 Å². The summed E-state index contributed by atoms with van der Waals surface area (Å²) in [6.07, 6.45) is -2.87. The lowest BCUT2D eigenvalue weighted by atomic mass is 10.0. The first kappa shape index (κ1) is 14.4. The van der Waals surface area contributed by atoms with Crippen molar-refractivity contribution in [2.24, 2.45) is 0 Å². The van der Waals surface area contributed by atoms with E-state index < -0.39 is 11.7 Å². The van der Waals surface area contributed by atoms with Gasteiger partial charge in [-0.15, -0.1) is 0 Å². The molecule has 106 valence electrons. The minimum Gasteiger partial charge on any atom is -0.378 e. The molecule has 1 aromatic heterocycles. The molecule has 0 spiro atoms. The number of alkyl halides is 3. The van der Waals surface area contributed by atoms with Crippen molar-refractivity contribution < 1.29 is 17.9 Å². The summed E-state index contributed by atoms with van der Waals surface area (Å²) in [6.45, 7) is 2.52. The number of hydrogen-bond acceptors (Lipinski definition) is 3. The molecule has 0 bridgehead atoms. The van der Waals surface area contributed by atoms with E-state index in [9.17, 15) is 13.2 Å². The maximum atomic E-state index is 12.7. The van der Waals surface area contributed by atoms with E-state index in [-0.39, 0.29) is 23.1 Å². The largest absolute Gasteiger partial charge is 0.416 e. The third-order valence-electron chi connectivity index (χ3n) is 2.96. The van der Waals surface area contributed by atoms with Crippen molar-refractivity contribution in [2.75, 3.05) is 11.9 Å². The van der Waals surface area contributed by atoms with Gasteiger partial charge in [-0.2, -0.15) is 13.2 Å². The number of aromatic nitrogens is 1. The topological polar surface area (TPSA) is 34.2 Å². The monoisotopic (exact) mass is 294 g/mol. The molecule has 1 aliphatic heterocycles. The first-order valence-electron chi connectivity index (χ1n) is 5.97. The van der Waals surface area contributed by atoms with Crippen LogP contribution in [0.15, 0.2) is 12.1 Å². The van der Waals surface area contributed by atoms with E-state index in [1.807, 2.05) is 6.92 Å². The number of nitrogens with zero attached hydrogens (tertiary/aromatic N) is 1. The lowest BCUT2D eigenvalue weighted by Crippen LogP contribution is -2.32. The van der Waals surface area contributed by atoms with Crippen LogP contribution in [0.3, 0.4) is 0 Å². The third-order valence-corrected chi connectivity index (χ3v) is 3.15. The summed E-state index contributed by atoms with van der Waals surface area (Å²) in [6, 6.07) is 1.85. The molecule has 0 amide bonds. The van der Waals surface area contributed by atoms with E-state index in [2.05, 4.69) is 10.3 Å². The fourth-order valence-electron chi connectivity index (χ4n) is 2.07. The van der Waals surface area contributed by atoms with E-state index >= 15 is 0 Å². The molecule has 1 saturated heterocycles. The van der Waals surface area contributed by atoms with E-state index in [1.54, 1.807) is 0 Å². The molecule has 3 nitrogen and oxygen atoms in total. The summed E-state index contributed by atoms with van der Waals surface area (Å²) in [5.74, 6) is 0.152. The van der Waals surface area contributed by atoms with Crippen LogP contribution in [-0.2, 0) is 10.9 Å². The summed E-state index contributed by atoms with van der Waals surface area (Å²) >= 11 is 5.63. The molecule has 0 radical (unpaired) electrons. The Kier molecular flexibility index (Phi) is 4.20. The van der Waals surface area contributed by atoms with Gasteiger partial charge in [0.2, 0.25) is 0 Å². The quantitative estimate of drug-likeness (QED) is 0.844. The summed E-state index contributed by atoms with van der Waals surface area (Å²) in [5.41, 5.74) is -0.796. The first-order chi connectivity index (χ1) is 8.84. The van der Waals surface area contributed by atoms with E-state index in [4.69, 9.17) is 16.3 Å². The van der Waals surface area contributed by atoms with Crippen molar-refractivity contribution in [1.29, 1.82) is 0 Å². The summed E-state index contributed by atoms with van der Waals surface area (Å²) < 4.78 is 43.3. The SMILES string of the molecule is CC1CC(Nc2cc(C(F)(F)F)cc(Cl)n2)CCO1. The second-order valence-electron chi connectivity index (χ2n) is 4.61. The van der Waals surface area contributed by atoms with Crippen LogP contribution in [-0.4, -0.2) is 23.7 Å². The summed E-state index contributed by atoms with van der Waals surface area (Å²) in [7, 11) is 0. The normalized spacial score (nSPS) is 24.3. The van der Waals surface area contributed by atoms with Gasteiger partial charge in [0.25, 0.3) is 0 Å². The third kappa shape index (κ3) is 3.98. The Labute approximate surface area is 114 Å². The number of pyridine rings is 1. The number of halogens is 4. The highest BCUT2D eigenvalue weighted by Crippen LogP contribution is 2.32. The molecule has 0 aliphatic carbocycles. The van der Waals surface area contributed by atoms with Crippen molar-refractivity contribution in [3.8, 4) is 0 Å². The zero-order chi connectivity index (χ0) is 14.0. The van der Waals surface area contributed by atoms with Crippen LogP contribution in [0.4, 0.5) is 19.0 Å². The maximum absolute atomic E-state index is 12.7. The van der Waals surface area contributed by atoms with E-state index in [0.29, 0.717) is 6.61 Å². The highest BCUT2D eigenvalue weighted by atomic mass is 35.5. The molecule has 1 aromatic rings. The number of rotatable bonds is 2. The molecule has 2 heterocycles. The van der Waals surface area contributed by atoms with Gasteiger partial charge in [-0.05, 0) is 31.9 Å². The van der Waals surface area contributed by atoms with Gasteiger partial charge in [0.15, 0.2) is 0 Å². The molecular formula is C12H14ClF3N2O. The van der Waals surface area contributed by atoms with Gasteiger partial charge in [0, 0.05) is 12.6 Å². The van der Waals surface area contributed by atoms with E-state index in [1.165, 1.54) is 0 Å². The van der Waals surface area contributed by atoms with Gasteiger partial charge in [-0.3, -0.25) is 0 Å². The molecule has 0 saturated carbocycles. The zero-order valence-electron chi connectivity index (χ0n) is 10.3. The average Bonchev–Trinajstić information content (AvgIpc) is 2.26. The second-order valence-corrected chi connectivity index (χ2v) is 5.00. The van der Waals surface area contributed by atoms with Crippen molar-refractivity contribution >= 4 is 17.4 Å². The Morgan fingerprint density at radius 2 is 2.16 bits per heavy atom. The molecule has 2 unspecified atom stereocenters. The molecule has 2 atom stereocenters.